The van der Waals surface area contributed by atoms with Gasteiger partial charge in [0.05, 0.1) is 5.41 Å². The van der Waals surface area contributed by atoms with Crippen molar-refractivity contribution in [3.05, 3.63) is 11.1 Å². The third-order valence-corrected chi connectivity index (χ3v) is 12.7. The Labute approximate surface area is 230 Å². The van der Waals surface area contributed by atoms with E-state index in [4.69, 9.17) is 4.74 Å². The molecule has 1 unspecified atom stereocenters. The maximum Gasteiger partial charge on any atom is 0.311 e. The van der Waals surface area contributed by atoms with Gasteiger partial charge in [0.1, 0.15) is 6.10 Å². The summed E-state index contributed by atoms with van der Waals surface area (Å²) in [5.41, 5.74) is 4.35. The second-order valence-electron chi connectivity index (χ2n) is 16.7. The fraction of sp³-hybridized carbons (Fsp3) is 0.914. The zero-order valence-electron chi connectivity index (χ0n) is 26.5. The van der Waals surface area contributed by atoms with Gasteiger partial charge >= 0.3 is 5.97 Å². The molecule has 0 aromatic heterocycles. The highest BCUT2D eigenvalue weighted by Crippen LogP contribution is 2.72. The molecular weight excluding hydrogens is 452 g/mol. The van der Waals surface area contributed by atoms with Gasteiger partial charge in [-0.3, -0.25) is 4.79 Å². The van der Waals surface area contributed by atoms with Crippen molar-refractivity contribution in [3.8, 4) is 0 Å². The van der Waals surface area contributed by atoms with Crippen molar-refractivity contribution in [2.45, 2.75) is 153 Å². The monoisotopic (exact) mass is 512 g/mol. The molecule has 0 radical (unpaired) electrons. The molecule has 0 aliphatic heterocycles. The lowest BCUT2D eigenvalue weighted by atomic mass is 9.43. The molecule has 2 saturated carbocycles. The maximum absolute atomic E-state index is 12.8. The van der Waals surface area contributed by atoms with E-state index < -0.39 is 5.41 Å². The smallest absolute Gasteiger partial charge is 0.311 e. The van der Waals surface area contributed by atoms with E-state index in [0.29, 0.717) is 16.7 Å². The van der Waals surface area contributed by atoms with Crippen LogP contribution in [0, 0.1) is 50.7 Å². The lowest BCUT2D eigenvalue weighted by molar-refractivity contribution is -0.178. The van der Waals surface area contributed by atoms with Crippen molar-refractivity contribution < 1.29 is 9.53 Å². The molecule has 0 bridgehead atoms. The molecule has 0 amide bonds. The van der Waals surface area contributed by atoms with Crippen LogP contribution >= 0.6 is 0 Å². The zero-order valence-corrected chi connectivity index (χ0v) is 26.5. The minimum atomic E-state index is -0.438. The van der Waals surface area contributed by atoms with Crippen molar-refractivity contribution >= 4 is 5.97 Å². The maximum atomic E-state index is 12.8. The number of rotatable bonds is 6. The van der Waals surface area contributed by atoms with Crippen LogP contribution in [-0.4, -0.2) is 12.1 Å². The first-order valence-corrected chi connectivity index (χ1v) is 15.9. The molecule has 37 heavy (non-hydrogen) atoms. The fourth-order valence-corrected chi connectivity index (χ4v) is 10.2. The van der Waals surface area contributed by atoms with Gasteiger partial charge in [-0.25, -0.2) is 0 Å². The Balaban J connectivity index is 1.59. The van der Waals surface area contributed by atoms with E-state index in [0.717, 1.165) is 24.2 Å². The SMILES string of the molecule is CC(C)CCC[C@@H](C)[C@H]1CC[C@@]2(C)C3=C(CC[C@]12C)[C@@]1(C)CC[C@H](OC(=O)C(C)(C)C)C(C)(C)C1CC3. The molecule has 0 spiro atoms. The van der Waals surface area contributed by atoms with Gasteiger partial charge in [-0.1, -0.05) is 85.8 Å². The largest absolute Gasteiger partial charge is 0.461 e. The van der Waals surface area contributed by atoms with Crippen molar-refractivity contribution in [2.75, 3.05) is 0 Å². The summed E-state index contributed by atoms with van der Waals surface area (Å²) in [4.78, 5) is 12.8. The molecule has 0 N–H and O–H groups in total. The Kier molecular flexibility index (Phi) is 7.65. The van der Waals surface area contributed by atoms with Crippen LogP contribution in [0.2, 0.25) is 0 Å². The van der Waals surface area contributed by atoms with Gasteiger partial charge in [-0.15, -0.1) is 0 Å². The Morgan fingerprint density at radius 3 is 2.19 bits per heavy atom. The van der Waals surface area contributed by atoms with Crippen molar-refractivity contribution in [1.29, 1.82) is 0 Å². The van der Waals surface area contributed by atoms with E-state index in [1.807, 2.05) is 31.9 Å². The third-order valence-electron chi connectivity index (χ3n) is 12.7. The number of hydrogen-bond acceptors (Lipinski definition) is 2. The van der Waals surface area contributed by atoms with Crippen molar-refractivity contribution in [1.82, 2.24) is 0 Å². The van der Waals surface area contributed by atoms with E-state index in [9.17, 15) is 4.79 Å². The molecule has 0 aromatic rings. The summed E-state index contributed by atoms with van der Waals surface area (Å²) < 4.78 is 6.24. The van der Waals surface area contributed by atoms with Crippen LogP contribution in [0.15, 0.2) is 11.1 Å². The number of esters is 1. The van der Waals surface area contributed by atoms with E-state index in [2.05, 4.69) is 55.4 Å². The van der Waals surface area contributed by atoms with Crippen LogP contribution in [-0.2, 0) is 9.53 Å². The lowest BCUT2D eigenvalue weighted by Gasteiger charge is -2.62. The van der Waals surface area contributed by atoms with Crippen molar-refractivity contribution in [3.63, 3.8) is 0 Å². The number of allylic oxidation sites excluding steroid dienone is 2. The molecule has 4 aliphatic carbocycles. The number of carbonyl (C=O) groups is 1. The molecular formula is C35H60O2. The van der Waals surface area contributed by atoms with Gasteiger partial charge in [0.25, 0.3) is 0 Å². The van der Waals surface area contributed by atoms with E-state index in [1.165, 1.54) is 64.2 Å². The predicted molar refractivity (Wildman–Crippen MR) is 156 cm³/mol. The summed E-state index contributed by atoms with van der Waals surface area (Å²) >= 11 is 0. The second-order valence-corrected chi connectivity index (χ2v) is 16.7. The molecule has 7 atom stereocenters. The summed E-state index contributed by atoms with van der Waals surface area (Å²) in [5, 5.41) is 0. The summed E-state index contributed by atoms with van der Waals surface area (Å²) in [6.07, 6.45) is 14.4. The molecule has 4 aliphatic rings. The summed E-state index contributed by atoms with van der Waals surface area (Å²) in [7, 11) is 0. The highest BCUT2D eigenvalue weighted by molar-refractivity contribution is 5.75. The molecule has 0 aromatic carbocycles. The van der Waals surface area contributed by atoms with Crippen LogP contribution in [0.4, 0.5) is 0 Å². The Morgan fingerprint density at radius 1 is 0.892 bits per heavy atom. The lowest BCUT2D eigenvalue weighted by Crippen LogP contribution is -2.56. The average molecular weight is 513 g/mol. The second kappa shape index (κ2) is 9.69. The topological polar surface area (TPSA) is 26.3 Å². The Morgan fingerprint density at radius 2 is 1.57 bits per heavy atom. The molecule has 2 fully saturated rings. The number of carbonyl (C=O) groups excluding carboxylic acids is 1. The average Bonchev–Trinajstić information content (AvgIpc) is 3.06. The summed E-state index contributed by atoms with van der Waals surface area (Å²) in [6.45, 7) is 26.0. The number of ether oxygens (including phenoxy) is 1. The van der Waals surface area contributed by atoms with Crippen LogP contribution in [0.5, 0.6) is 0 Å². The van der Waals surface area contributed by atoms with Crippen LogP contribution in [0.3, 0.4) is 0 Å². The quantitative estimate of drug-likeness (QED) is 0.261. The van der Waals surface area contributed by atoms with E-state index >= 15 is 0 Å². The summed E-state index contributed by atoms with van der Waals surface area (Å²) in [5.74, 6) is 3.08. The first-order chi connectivity index (χ1) is 17.0. The van der Waals surface area contributed by atoms with Gasteiger partial charge < -0.3 is 4.74 Å². The molecule has 212 valence electrons. The predicted octanol–water partition coefficient (Wildman–Crippen LogP) is 10.2. The van der Waals surface area contributed by atoms with Gasteiger partial charge in [0.15, 0.2) is 0 Å². The zero-order chi connectivity index (χ0) is 27.6. The van der Waals surface area contributed by atoms with Crippen molar-refractivity contribution in [2.24, 2.45) is 50.7 Å². The standard InChI is InChI=1S/C35H60O2/c1-23(2)13-12-14-24(3)25-17-21-35(11)27-15-16-28-32(7,8)29(37-30(36)31(4,5)6)19-20-33(28,9)26(27)18-22-34(25,35)10/h23-25,28-29H,12-22H2,1-11H3/t24-,25-,28?,29+,33-,34-,35+/m1/s1. The molecule has 2 heteroatoms. The Bertz CT molecular complexity index is 903. The fourth-order valence-electron chi connectivity index (χ4n) is 10.2. The molecule has 0 heterocycles. The summed E-state index contributed by atoms with van der Waals surface area (Å²) in [6, 6.07) is 0. The minimum Gasteiger partial charge on any atom is -0.461 e. The number of fused-ring (bicyclic) bond motifs is 4. The van der Waals surface area contributed by atoms with E-state index in [1.54, 1.807) is 0 Å². The van der Waals surface area contributed by atoms with Gasteiger partial charge in [0.2, 0.25) is 0 Å². The van der Waals surface area contributed by atoms with Gasteiger partial charge in [0, 0.05) is 5.41 Å². The van der Waals surface area contributed by atoms with Crippen LogP contribution in [0.25, 0.3) is 0 Å². The van der Waals surface area contributed by atoms with Crippen LogP contribution in [0.1, 0.15) is 147 Å². The third kappa shape index (κ3) is 4.67. The first-order valence-electron chi connectivity index (χ1n) is 15.9. The Hall–Kier alpha value is -0.790. The van der Waals surface area contributed by atoms with Crippen LogP contribution < -0.4 is 0 Å². The molecule has 0 saturated heterocycles. The van der Waals surface area contributed by atoms with Gasteiger partial charge in [-0.05, 0) is 112 Å². The molecule has 4 rings (SSSR count). The normalized spacial score (nSPS) is 40.2. The number of hydrogen-bond donors (Lipinski definition) is 0. The minimum absolute atomic E-state index is 0.0111. The first kappa shape index (κ1) is 29.2. The molecule has 2 nitrogen and oxygen atoms in total. The highest BCUT2D eigenvalue weighted by Gasteiger charge is 2.63. The van der Waals surface area contributed by atoms with Gasteiger partial charge in [-0.2, -0.15) is 0 Å². The van der Waals surface area contributed by atoms with E-state index in [-0.39, 0.29) is 22.9 Å². The highest BCUT2D eigenvalue weighted by atomic mass is 16.5.